The molecule has 3 nitrogen and oxygen atoms in total. The van der Waals surface area contributed by atoms with E-state index in [1.165, 1.54) is 5.56 Å². The summed E-state index contributed by atoms with van der Waals surface area (Å²) in [5, 5.41) is 3.36. The van der Waals surface area contributed by atoms with E-state index in [4.69, 9.17) is 9.47 Å². The number of nitrogens with one attached hydrogen (secondary N) is 1. The number of rotatable bonds is 10. The van der Waals surface area contributed by atoms with Crippen LogP contribution < -0.4 is 10.1 Å². The van der Waals surface area contributed by atoms with Crippen LogP contribution in [0.1, 0.15) is 19.4 Å². The summed E-state index contributed by atoms with van der Waals surface area (Å²) in [7, 11) is 0. The summed E-state index contributed by atoms with van der Waals surface area (Å²) in [6.45, 7) is 11.8. The van der Waals surface area contributed by atoms with Crippen LogP contribution in [0.4, 0.5) is 0 Å². The van der Waals surface area contributed by atoms with Crippen LogP contribution in [-0.4, -0.2) is 26.4 Å². The number of hydrogen-bond donors (Lipinski definition) is 1. The molecule has 0 unspecified atom stereocenters. The summed E-state index contributed by atoms with van der Waals surface area (Å²) in [6, 6.07) is 8.10. The zero-order valence-corrected chi connectivity index (χ0v) is 12.0. The van der Waals surface area contributed by atoms with E-state index >= 15 is 0 Å². The SMILES string of the molecule is C=CCOc1ccc(CNCCOCC(C)C)cc1. The van der Waals surface area contributed by atoms with Crippen molar-refractivity contribution < 1.29 is 9.47 Å². The Bertz CT molecular complexity index is 346. The lowest BCUT2D eigenvalue weighted by molar-refractivity contribution is 0.111. The molecule has 0 radical (unpaired) electrons. The van der Waals surface area contributed by atoms with Gasteiger partial charge in [-0.3, -0.25) is 0 Å². The van der Waals surface area contributed by atoms with Gasteiger partial charge in [0.05, 0.1) is 6.61 Å². The lowest BCUT2D eigenvalue weighted by atomic mass is 10.2. The Morgan fingerprint density at radius 2 is 2.00 bits per heavy atom. The first-order chi connectivity index (χ1) is 9.22. The largest absolute Gasteiger partial charge is 0.490 e. The van der Waals surface area contributed by atoms with Crippen molar-refractivity contribution in [3.05, 3.63) is 42.5 Å². The van der Waals surface area contributed by atoms with E-state index < -0.39 is 0 Å². The standard InChI is InChI=1S/C16H25NO2/c1-4-10-19-16-7-5-15(6-8-16)12-17-9-11-18-13-14(2)3/h4-8,14,17H,1,9-13H2,2-3H3. The Morgan fingerprint density at radius 3 is 2.63 bits per heavy atom. The molecule has 0 aliphatic carbocycles. The molecule has 0 aliphatic rings. The fraction of sp³-hybridized carbons (Fsp3) is 0.500. The molecule has 0 saturated heterocycles. The lowest BCUT2D eigenvalue weighted by Gasteiger charge is -2.08. The molecule has 0 bridgehead atoms. The number of ether oxygens (including phenoxy) is 2. The van der Waals surface area contributed by atoms with Crippen LogP contribution in [0.25, 0.3) is 0 Å². The Hall–Kier alpha value is -1.32. The van der Waals surface area contributed by atoms with Crippen molar-refractivity contribution in [3.63, 3.8) is 0 Å². The highest BCUT2D eigenvalue weighted by Gasteiger charge is 1.96. The number of hydrogen-bond acceptors (Lipinski definition) is 3. The first-order valence-corrected chi connectivity index (χ1v) is 6.83. The van der Waals surface area contributed by atoms with Gasteiger partial charge in [-0.25, -0.2) is 0 Å². The topological polar surface area (TPSA) is 30.5 Å². The maximum absolute atomic E-state index is 5.50. The minimum absolute atomic E-state index is 0.546. The van der Waals surface area contributed by atoms with Gasteiger partial charge in [0.2, 0.25) is 0 Å². The molecular weight excluding hydrogens is 238 g/mol. The molecule has 1 aromatic rings. The Morgan fingerprint density at radius 1 is 1.26 bits per heavy atom. The Labute approximate surface area is 116 Å². The first-order valence-electron chi connectivity index (χ1n) is 6.83. The van der Waals surface area contributed by atoms with Gasteiger partial charge in [0.25, 0.3) is 0 Å². The molecule has 0 saturated carbocycles. The second kappa shape index (κ2) is 9.59. The third-order valence-corrected chi connectivity index (χ3v) is 2.49. The van der Waals surface area contributed by atoms with Crippen molar-refractivity contribution >= 4 is 0 Å². The van der Waals surface area contributed by atoms with Crippen molar-refractivity contribution in [2.75, 3.05) is 26.4 Å². The predicted octanol–water partition coefficient (Wildman–Crippen LogP) is 3.01. The van der Waals surface area contributed by atoms with Crippen LogP contribution in [0, 0.1) is 5.92 Å². The highest BCUT2D eigenvalue weighted by molar-refractivity contribution is 5.27. The summed E-state index contributed by atoms with van der Waals surface area (Å²) in [5.74, 6) is 1.48. The molecule has 1 rings (SSSR count). The third kappa shape index (κ3) is 7.65. The van der Waals surface area contributed by atoms with Crippen LogP contribution in [-0.2, 0) is 11.3 Å². The third-order valence-electron chi connectivity index (χ3n) is 2.49. The molecular formula is C16H25NO2. The van der Waals surface area contributed by atoms with E-state index in [9.17, 15) is 0 Å². The van der Waals surface area contributed by atoms with Gasteiger partial charge < -0.3 is 14.8 Å². The van der Waals surface area contributed by atoms with Crippen LogP contribution in [0.5, 0.6) is 5.75 Å². The summed E-state index contributed by atoms with van der Waals surface area (Å²) >= 11 is 0. The van der Waals surface area contributed by atoms with Crippen molar-refractivity contribution in [2.45, 2.75) is 20.4 Å². The summed E-state index contributed by atoms with van der Waals surface area (Å²) in [5.41, 5.74) is 1.25. The molecule has 0 atom stereocenters. The summed E-state index contributed by atoms with van der Waals surface area (Å²) in [4.78, 5) is 0. The van der Waals surface area contributed by atoms with E-state index in [0.29, 0.717) is 12.5 Å². The fourth-order valence-electron chi connectivity index (χ4n) is 1.55. The van der Waals surface area contributed by atoms with E-state index in [-0.39, 0.29) is 0 Å². The molecule has 0 amide bonds. The van der Waals surface area contributed by atoms with Crippen molar-refractivity contribution in [2.24, 2.45) is 5.92 Å². The highest BCUT2D eigenvalue weighted by atomic mass is 16.5. The maximum Gasteiger partial charge on any atom is 0.119 e. The lowest BCUT2D eigenvalue weighted by Crippen LogP contribution is -2.20. The second-order valence-electron chi connectivity index (χ2n) is 4.89. The average Bonchev–Trinajstić information content (AvgIpc) is 2.41. The molecule has 19 heavy (non-hydrogen) atoms. The van der Waals surface area contributed by atoms with Gasteiger partial charge in [0.1, 0.15) is 12.4 Å². The number of benzene rings is 1. The maximum atomic E-state index is 5.50. The van der Waals surface area contributed by atoms with E-state index in [1.807, 2.05) is 12.1 Å². The Balaban J connectivity index is 2.14. The van der Waals surface area contributed by atoms with Gasteiger partial charge in [-0.2, -0.15) is 0 Å². The van der Waals surface area contributed by atoms with Gasteiger partial charge in [0, 0.05) is 19.7 Å². The van der Waals surface area contributed by atoms with Gasteiger partial charge in [-0.15, -0.1) is 0 Å². The molecule has 0 spiro atoms. The molecule has 0 aliphatic heterocycles. The summed E-state index contributed by atoms with van der Waals surface area (Å²) in [6.07, 6.45) is 1.74. The van der Waals surface area contributed by atoms with Crippen molar-refractivity contribution in [1.29, 1.82) is 0 Å². The Kier molecular flexibility index (Phi) is 7.94. The normalized spacial score (nSPS) is 10.7. The summed E-state index contributed by atoms with van der Waals surface area (Å²) < 4.78 is 10.9. The van der Waals surface area contributed by atoms with Gasteiger partial charge >= 0.3 is 0 Å². The van der Waals surface area contributed by atoms with Crippen LogP contribution >= 0.6 is 0 Å². The molecule has 0 aromatic heterocycles. The van der Waals surface area contributed by atoms with Gasteiger partial charge in [-0.05, 0) is 23.6 Å². The highest BCUT2D eigenvalue weighted by Crippen LogP contribution is 2.11. The zero-order chi connectivity index (χ0) is 13.9. The fourth-order valence-corrected chi connectivity index (χ4v) is 1.55. The first kappa shape index (κ1) is 15.7. The van der Waals surface area contributed by atoms with E-state index in [2.05, 4.69) is 37.9 Å². The van der Waals surface area contributed by atoms with Crippen molar-refractivity contribution in [1.82, 2.24) is 5.32 Å². The molecule has 0 fully saturated rings. The van der Waals surface area contributed by atoms with Crippen LogP contribution in [0.3, 0.4) is 0 Å². The van der Waals surface area contributed by atoms with Gasteiger partial charge in [-0.1, -0.05) is 38.6 Å². The minimum atomic E-state index is 0.546. The molecule has 1 aromatic carbocycles. The second-order valence-corrected chi connectivity index (χ2v) is 4.89. The molecule has 1 N–H and O–H groups in total. The average molecular weight is 263 g/mol. The van der Waals surface area contributed by atoms with Crippen LogP contribution in [0.15, 0.2) is 36.9 Å². The zero-order valence-electron chi connectivity index (χ0n) is 12.0. The molecule has 106 valence electrons. The molecule has 3 heteroatoms. The predicted molar refractivity (Wildman–Crippen MR) is 79.5 cm³/mol. The minimum Gasteiger partial charge on any atom is -0.490 e. The van der Waals surface area contributed by atoms with Gasteiger partial charge in [0.15, 0.2) is 0 Å². The monoisotopic (exact) mass is 263 g/mol. The van der Waals surface area contributed by atoms with E-state index in [1.54, 1.807) is 6.08 Å². The van der Waals surface area contributed by atoms with E-state index in [0.717, 1.165) is 32.1 Å². The van der Waals surface area contributed by atoms with Crippen molar-refractivity contribution in [3.8, 4) is 5.75 Å². The smallest absolute Gasteiger partial charge is 0.119 e. The molecule has 0 heterocycles. The quantitative estimate of drug-likeness (QED) is 0.520. The van der Waals surface area contributed by atoms with Crippen LogP contribution in [0.2, 0.25) is 0 Å².